The minimum absolute atomic E-state index is 0.0104. The predicted molar refractivity (Wildman–Crippen MR) is 92.0 cm³/mol. The van der Waals surface area contributed by atoms with Gasteiger partial charge < -0.3 is 15.5 Å². The van der Waals surface area contributed by atoms with Gasteiger partial charge in [0.2, 0.25) is 11.8 Å². The lowest BCUT2D eigenvalue weighted by atomic mass is 9.97. The molecule has 0 saturated carbocycles. The third-order valence-corrected chi connectivity index (χ3v) is 4.35. The molecule has 1 fully saturated rings. The first-order valence-electron chi connectivity index (χ1n) is 8.56. The molecule has 134 valence electrons. The Hall–Kier alpha value is -2.25. The van der Waals surface area contributed by atoms with Gasteiger partial charge in [-0.25, -0.2) is 9.37 Å². The van der Waals surface area contributed by atoms with Crippen LogP contribution >= 0.6 is 0 Å². The summed E-state index contributed by atoms with van der Waals surface area (Å²) in [7, 11) is 0. The smallest absolute Gasteiger partial charge is 0.226 e. The SMILES string of the molecule is NCCNC(=O)C1CCCN(Cc2coc(-c3ccc(F)cc3)n2)C1. The Bertz CT molecular complexity index is 701. The van der Waals surface area contributed by atoms with Crippen molar-refractivity contribution in [1.29, 1.82) is 0 Å². The van der Waals surface area contributed by atoms with Gasteiger partial charge in [0.05, 0.1) is 11.6 Å². The summed E-state index contributed by atoms with van der Waals surface area (Å²) in [5.41, 5.74) is 6.98. The second-order valence-corrected chi connectivity index (χ2v) is 6.30. The summed E-state index contributed by atoms with van der Waals surface area (Å²) in [6, 6.07) is 6.05. The molecule has 6 nitrogen and oxygen atoms in total. The van der Waals surface area contributed by atoms with Crippen LogP contribution in [0.5, 0.6) is 0 Å². The number of carbonyl (C=O) groups excluding carboxylic acids is 1. The summed E-state index contributed by atoms with van der Waals surface area (Å²) in [5, 5.41) is 2.86. The molecule has 1 aromatic carbocycles. The summed E-state index contributed by atoms with van der Waals surface area (Å²) in [6.07, 6.45) is 3.49. The van der Waals surface area contributed by atoms with E-state index in [0.717, 1.165) is 30.6 Å². The normalized spacial score (nSPS) is 18.2. The molecule has 3 N–H and O–H groups in total. The average molecular weight is 346 g/mol. The molecule has 25 heavy (non-hydrogen) atoms. The number of nitrogens with two attached hydrogens (primary N) is 1. The Balaban J connectivity index is 1.59. The number of rotatable bonds is 6. The molecule has 1 saturated heterocycles. The molecule has 2 heterocycles. The first-order valence-corrected chi connectivity index (χ1v) is 8.56. The van der Waals surface area contributed by atoms with Crippen LogP contribution in [0.15, 0.2) is 34.9 Å². The Kier molecular flexibility index (Phi) is 5.78. The van der Waals surface area contributed by atoms with Crippen LogP contribution in [0, 0.1) is 11.7 Å². The summed E-state index contributed by atoms with van der Waals surface area (Å²) in [6.45, 7) is 3.23. The predicted octanol–water partition coefficient (Wildman–Crippen LogP) is 1.77. The number of amides is 1. The molecule has 7 heteroatoms. The highest BCUT2D eigenvalue weighted by Crippen LogP contribution is 2.22. The third-order valence-electron chi connectivity index (χ3n) is 4.35. The van der Waals surface area contributed by atoms with Gasteiger partial charge in [-0.2, -0.15) is 0 Å². The Morgan fingerprint density at radius 3 is 2.96 bits per heavy atom. The molecule has 1 aliphatic rings. The van der Waals surface area contributed by atoms with Crippen LogP contribution in [0.1, 0.15) is 18.5 Å². The van der Waals surface area contributed by atoms with Crippen molar-refractivity contribution in [3.05, 3.63) is 42.0 Å². The minimum Gasteiger partial charge on any atom is -0.444 e. The maximum absolute atomic E-state index is 13.0. The summed E-state index contributed by atoms with van der Waals surface area (Å²) >= 11 is 0. The lowest BCUT2D eigenvalue weighted by Gasteiger charge is -2.31. The fraction of sp³-hybridized carbons (Fsp3) is 0.444. The summed E-state index contributed by atoms with van der Waals surface area (Å²) < 4.78 is 18.5. The fourth-order valence-electron chi connectivity index (χ4n) is 3.09. The molecule has 3 rings (SSSR count). The Labute approximate surface area is 146 Å². The van der Waals surface area contributed by atoms with Gasteiger partial charge in [-0.15, -0.1) is 0 Å². The van der Waals surface area contributed by atoms with Crippen molar-refractivity contribution in [2.24, 2.45) is 11.7 Å². The Morgan fingerprint density at radius 2 is 2.20 bits per heavy atom. The highest BCUT2D eigenvalue weighted by molar-refractivity contribution is 5.78. The number of oxazole rings is 1. The van der Waals surface area contributed by atoms with Crippen LogP contribution in [-0.4, -0.2) is 42.0 Å². The quantitative estimate of drug-likeness (QED) is 0.833. The zero-order chi connectivity index (χ0) is 17.6. The molecule has 2 aromatic rings. The van der Waals surface area contributed by atoms with Gasteiger partial charge in [-0.1, -0.05) is 0 Å². The molecule has 0 aliphatic carbocycles. The van der Waals surface area contributed by atoms with E-state index in [1.165, 1.54) is 12.1 Å². The molecule has 1 aliphatic heterocycles. The zero-order valence-corrected chi connectivity index (χ0v) is 14.1. The van der Waals surface area contributed by atoms with E-state index in [-0.39, 0.29) is 17.6 Å². The molecule has 0 radical (unpaired) electrons. The Morgan fingerprint density at radius 1 is 1.40 bits per heavy atom. The van der Waals surface area contributed by atoms with Crippen molar-refractivity contribution in [3.63, 3.8) is 0 Å². The van der Waals surface area contributed by atoms with E-state index in [0.29, 0.717) is 32.1 Å². The topological polar surface area (TPSA) is 84.4 Å². The summed E-state index contributed by atoms with van der Waals surface area (Å²) in [4.78, 5) is 18.8. The van der Waals surface area contributed by atoms with Gasteiger partial charge in [-0.3, -0.25) is 9.69 Å². The third kappa shape index (κ3) is 4.64. The van der Waals surface area contributed by atoms with Crippen molar-refractivity contribution in [1.82, 2.24) is 15.2 Å². The van der Waals surface area contributed by atoms with Crippen molar-refractivity contribution < 1.29 is 13.6 Å². The van der Waals surface area contributed by atoms with Crippen LogP contribution in [-0.2, 0) is 11.3 Å². The van der Waals surface area contributed by atoms with Gasteiger partial charge in [0, 0.05) is 31.7 Å². The number of benzene rings is 1. The van der Waals surface area contributed by atoms with Crippen LogP contribution in [0.4, 0.5) is 4.39 Å². The highest BCUT2D eigenvalue weighted by atomic mass is 19.1. The molecule has 0 bridgehead atoms. The molecular formula is C18H23FN4O2. The standard InChI is InChI=1S/C18H23FN4O2/c19-15-5-3-13(4-6-15)18-22-16(12-25-18)11-23-9-1-2-14(10-23)17(24)21-8-7-20/h3-6,12,14H,1-2,7-11,20H2,(H,21,24). The lowest BCUT2D eigenvalue weighted by Crippen LogP contribution is -2.43. The first-order chi connectivity index (χ1) is 12.2. The van der Waals surface area contributed by atoms with Crippen LogP contribution in [0.2, 0.25) is 0 Å². The number of nitrogens with zero attached hydrogens (tertiary/aromatic N) is 2. The number of piperidine rings is 1. The molecule has 1 atom stereocenters. The number of nitrogens with one attached hydrogen (secondary N) is 1. The lowest BCUT2D eigenvalue weighted by molar-refractivity contribution is -0.126. The number of carbonyl (C=O) groups is 1. The number of likely N-dealkylation sites (tertiary alicyclic amines) is 1. The molecule has 0 spiro atoms. The first kappa shape index (κ1) is 17.6. The van der Waals surface area contributed by atoms with E-state index in [2.05, 4.69) is 15.2 Å². The van der Waals surface area contributed by atoms with E-state index in [1.807, 2.05) is 0 Å². The van der Waals surface area contributed by atoms with Gasteiger partial charge in [0.25, 0.3) is 0 Å². The van der Waals surface area contributed by atoms with Crippen molar-refractivity contribution in [3.8, 4) is 11.5 Å². The maximum atomic E-state index is 13.0. The van der Waals surface area contributed by atoms with E-state index in [1.54, 1.807) is 18.4 Å². The van der Waals surface area contributed by atoms with E-state index < -0.39 is 0 Å². The van der Waals surface area contributed by atoms with E-state index in [4.69, 9.17) is 10.2 Å². The molecule has 1 aromatic heterocycles. The second kappa shape index (κ2) is 8.22. The van der Waals surface area contributed by atoms with Gasteiger partial charge >= 0.3 is 0 Å². The van der Waals surface area contributed by atoms with Crippen molar-refractivity contribution in [2.75, 3.05) is 26.2 Å². The van der Waals surface area contributed by atoms with E-state index in [9.17, 15) is 9.18 Å². The second-order valence-electron chi connectivity index (χ2n) is 6.30. The fourth-order valence-corrected chi connectivity index (χ4v) is 3.09. The minimum atomic E-state index is -0.289. The number of halogens is 1. The van der Waals surface area contributed by atoms with E-state index >= 15 is 0 Å². The van der Waals surface area contributed by atoms with Gasteiger partial charge in [0.1, 0.15) is 12.1 Å². The number of hydrogen-bond acceptors (Lipinski definition) is 5. The highest BCUT2D eigenvalue weighted by Gasteiger charge is 2.26. The van der Waals surface area contributed by atoms with Crippen LogP contribution < -0.4 is 11.1 Å². The molecule has 1 unspecified atom stereocenters. The maximum Gasteiger partial charge on any atom is 0.226 e. The van der Waals surface area contributed by atoms with Gasteiger partial charge in [0.15, 0.2) is 0 Å². The largest absolute Gasteiger partial charge is 0.444 e. The summed E-state index contributed by atoms with van der Waals surface area (Å²) in [5.74, 6) is 0.248. The van der Waals surface area contributed by atoms with Crippen molar-refractivity contribution >= 4 is 5.91 Å². The monoisotopic (exact) mass is 346 g/mol. The van der Waals surface area contributed by atoms with Crippen LogP contribution in [0.25, 0.3) is 11.5 Å². The van der Waals surface area contributed by atoms with Crippen LogP contribution in [0.3, 0.4) is 0 Å². The number of hydrogen-bond donors (Lipinski definition) is 2. The number of aromatic nitrogens is 1. The molecule has 1 amide bonds. The average Bonchev–Trinajstić information content (AvgIpc) is 3.09. The zero-order valence-electron chi connectivity index (χ0n) is 14.1. The molecular weight excluding hydrogens is 323 g/mol. The van der Waals surface area contributed by atoms with Gasteiger partial charge in [-0.05, 0) is 43.7 Å². The van der Waals surface area contributed by atoms with Crippen molar-refractivity contribution in [2.45, 2.75) is 19.4 Å².